The Hall–Kier alpha value is -0.990. The van der Waals surface area contributed by atoms with Crippen molar-refractivity contribution in [1.29, 1.82) is 0 Å². The Morgan fingerprint density at radius 1 is 1.09 bits per heavy atom. The zero-order chi connectivity index (χ0) is 16.1. The molecule has 3 fully saturated rings. The van der Waals surface area contributed by atoms with Crippen LogP contribution in [-0.4, -0.2) is 54.9 Å². The van der Waals surface area contributed by atoms with E-state index in [4.69, 9.17) is 28.4 Å². The van der Waals surface area contributed by atoms with Gasteiger partial charge in [-0.15, -0.1) is 0 Å². The van der Waals surface area contributed by atoms with Crippen LogP contribution in [0.3, 0.4) is 0 Å². The molecule has 0 amide bonds. The fourth-order valence-corrected chi connectivity index (χ4v) is 3.03. The van der Waals surface area contributed by atoms with E-state index in [1.807, 2.05) is 27.7 Å². The van der Waals surface area contributed by atoms with Crippen molar-refractivity contribution in [3.63, 3.8) is 0 Å². The summed E-state index contributed by atoms with van der Waals surface area (Å²) in [6.45, 7) is 11.1. The average Bonchev–Trinajstić information content (AvgIpc) is 3.01. The first-order chi connectivity index (χ1) is 10.2. The van der Waals surface area contributed by atoms with Crippen molar-refractivity contribution >= 4 is 5.97 Å². The fourth-order valence-electron chi connectivity index (χ4n) is 3.03. The summed E-state index contributed by atoms with van der Waals surface area (Å²) < 4.78 is 34.2. The zero-order valence-electron chi connectivity index (χ0n) is 13.2. The van der Waals surface area contributed by atoms with E-state index in [-0.39, 0.29) is 12.2 Å². The Morgan fingerprint density at radius 3 is 2.36 bits per heavy atom. The van der Waals surface area contributed by atoms with Gasteiger partial charge in [-0.1, -0.05) is 6.58 Å². The monoisotopic (exact) mass is 314 g/mol. The van der Waals surface area contributed by atoms with E-state index in [1.165, 1.54) is 0 Å². The van der Waals surface area contributed by atoms with E-state index in [9.17, 15) is 4.79 Å². The van der Waals surface area contributed by atoms with Gasteiger partial charge in [-0.3, -0.25) is 0 Å². The SMILES string of the molecule is C=CC(=O)OC1OC(C2COC(C)(C)O2)C2OC(C)(C)OC12. The molecule has 0 spiro atoms. The first-order valence-corrected chi connectivity index (χ1v) is 7.37. The van der Waals surface area contributed by atoms with Crippen LogP contribution in [0.1, 0.15) is 27.7 Å². The third-order valence-corrected chi connectivity index (χ3v) is 3.84. The van der Waals surface area contributed by atoms with Gasteiger partial charge >= 0.3 is 5.97 Å². The van der Waals surface area contributed by atoms with Crippen LogP contribution in [0, 0.1) is 0 Å². The third-order valence-electron chi connectivity index (χ3n) is 3.84. The molecule has 3 rings (SSSR count). The summed E-state index contributed by atoms with van der Waals surface area (Å²) >= 11 is 0. The molecule has 3 heterocycles. The van der Waals surface area contributed by atoms with Crippen LogP contribution in [0.25, 0.3) is 0 Å². The summed E-state index contributed by atoms with van der Waals surface area (Å²) in [6.07, 6.45) is -1.40. The highest BCUT2D eigenvalue weighted by Gasteiger charge is 2.60. The van der Waals surface area contributed by atoms with Crippen molar-refractivity contribution in [1.82, 2.24) is 0 Å². The lowest BCUT2D eigenvalue weighted by Gasteiger charge is -2.26. The summed E-state index contributed by atoms with van der Waals surface area (Å²) in [5.41, 5.74) is 0. The van der Waals surface area contributed by atoms with Gasteiger partial charge in [-0.2, -0.15) is 0 Å². The molecule has 7 nitrogen and oxygen atoms in total. The molecule has 3 saturated heterocycles. The summed E-state index contributed by atoms with van der Waals surface area (Å²) in [4.78, 5) is 11.5. The molecule has 124 valence electrons. The molecule has 0 aromatic carbocycles. The normalized spacial score (nSPS) is 42.1. The standard InChI is InChI=1S/C15H22O7/c1-6-9(16)18-13-12-11(21-15(4,5)22-12)10(19-13)8-7-17-14(2,3)20-8/h6,8,10-13H,1,7H2,2-5H3. The largest absolute Gasteiger partial charge is 0.430 e. The van der Waals surface area contributed by atoms with E-state index in [1.54, 1.807) is 0 Å². The Labute approximate surface area is 129 Å². The van der Waals surface area contributed by atoms with Crippen LogP contribution in [0.2, 0.25) is 0 Å². The van der Waals surface area contributed by atoms with Gasteiger partial charge < -0.3 is 28.4 Å². The van der Waals surface area contributed by atoms with E-state index in [0.29, 0.717) is 6.61 Å². The minimum atomic E-state index is -0.852. The lowest BCUT2D eigenvalue weighted by atomic mass is 10.1. The highest BCUT2D eigenvalue weighted by molar-refractivity contribution is 5.81. The van der Waals surface area contributed by atoms with E-state index in [0.717, 1.165) is 6.08 Å². The molecule has 3 aliphatic rings. The topological polar surface area (TPSA) is 72.5 Å². The average molecular weight is 314 g/mol. The molecule has 0 N–H and O–H groups in total. The second-order valence-corrected chi connectivity index (χ2v) is 6.54. The van der Waals surface area contributed by atoms with Gasteiger partial charge in [-0.25, -0.2) is 4.79 Å². The van der Waals surface area contributed by atoms with E-state index >= 15 is 0 Å². The lowest BCUT2D eigenvalue weighted by molar-refractivity contribution is -0.243. The highest BCUT2D eigenvalue weighted by Crippen LogP contribution is 2.42. The van der Waals surface area contributed by atoms with Crippen LogP contribution >= 0.6 is 0 Å². The number of rotatable bonds is 3. The number of ether oxygens (including phenoxy) is 6. The van der Waals surface area contributed by atoms with Crippen molar-refractivity contribution in [2.45, 2.75) is 70.0 Å². The predicted octanol–water partition coefficient (Wildman–Crippen LogP) is 1.11. The van der Waals surface area contributed by atoms with Crippen molar-refractivity contribution in [3.05, 3.63) is 12.7 Å². The molecular formula is C15H22O7. The second-order valence-electron chi connectivity index (χ2n) is 6.54. The maximum atomic E-state index is 11.5. The van der Waals surface area contributed by atoms with Crippen LogP contribution in [0.15, 0.2) is 12.7 Å². The number of hydrogen-bond donors (Lipinski definition) is 0. The van der Waals surface area contributed by atoms with Crippen molar-refractivity contribution in [2.24, 2.45) is 0 Å². The molecule has 0 bridgehead atoms. The number of carbonyl (C=O) groups excluding carboxylic acids is 1. The first kappa shape index (κ1) is 15.9. The smallest absolute Gasteiger partial charge is 0.332 e. The van der Waals surface area contributed by atoms with Gasteiger partial charge in [-0.05, 0) is 27.7 Å². The minimum absolute atomic E-state index is 0.313. The third kappa shape index (κ3) is 2.91. The van der Waals surface area contributed by atoms with Crippen LogP contribution in [0.4, 0.5) is 0 Å². The molecule has 0 aromatic rings. The van der Waals surface area contributed by atoms with Crippen LogP contribution in [-0.2, 0) is 33.2 Å². The molecule has 7 heteroatoms. The molecule has 3 aliphatic heterocycles. The Balaban J connectivity index is 1.77. The maximum absolute atomic E-state index is 11.5. The molecule has 0 radical (unpaired) electrons. The molecule has 0 aromatic heterocycles. The van der Waals surface area contributed by atoms with E-state index in [2.05, 4.69) is 6.58 Å². The van der Waals surface area contributed by atoms with Gasteiger partial charge in [0.15, 0.2) is 17.7 Å². The molecule has 0 aliphatic carbocycles. The Morgan fingerprint density at radius 2 is 1.77 bits per heavy atom. The van der Waals surface area contributed by atoms with Crippen LogP contribution < -0.4 is 0 Å². The predicted molar refractivity (Wildman–Crippen MR) is 73.7 cm³/mol. The lowest BCUT2D eigenvalue weighted by Crippen LogP contribution is -2.40. The van der Waals surface area contributed by atoms with Gasteiger partial charge in [0.25, 0.3) is 0 Å². The molecule has 0 saturated carbocycles. The number of fused-ring (bicyclic) bond motifs is 1. The summed E-state index contributed by atoms with van der Waals surface area (Å²) in [5, 5.41) is 0. The number of carbonyl (C=O) groups is 1. The van der Waals surface area contributed by atoms with Crippen molar-refractivity contribution < 1.29 is 33.2 Å². The minimum Gasteiger partial charge on any atom is -0.430 e. The quantitative estimate of drug-likeness (QED) is 0.571. The molecule has 5 atom stereocenters. The van der Waals surface area contributed by atoms with Gasteiger partial charge in [0.05, 0.1) is 6.61 Å². The zero-order valence-corrected chi connectivity index (χ0v) is 13.2. The highest BCUT2D eigenvalue weighted by atomic mass is 16.8. The van der Waals surface area contributed by atoms with Crippen LogP contribution in [0.5, 0.6) is 0 Å². The molecule has 5 unspecified atom stereocenters. The van der Waals surface area contributed by atoms with Crippen molar-refractivity contribution in [3.8, 4) is 0 Å². The maximum Gasteiger partial charge on any atom is 0.332 e. The molecule has 22 heavy (non-hydrogen) atoms. The first-order valence-electron chi connectivity index (χ1n) is 7.37. The van der Waals surface area contributed by atoms with Crippen molar-refractivity contribution in [2.75, 3.05) is 6.61 Å². The number of esters is 1. The molecular weight excluding hydrogens is 292 g/mol. The Kier molecular flexibility index (Phi) is 3.81. The van der Waals surface area contributed by atoms with Gasteiger partial charge in [0.1, 0.15) is 18.3 Å². The second kappa shape index (κ2) is 5.28. The van der Waals surface area contributed by atoms with Gasteiger partial charge in [0, 0.05) is 6.08 Å². The number of hydrogen-bond acceptors (Lipinski definition) is 7. The Bertz CT molecular complexity index is 473. The fraction of sp³-hybridized carbons (Fsp3) is 0.800. The summed E-state index contributed by atoms with van der Waals surface area (Å²) in [6, 6.07) is 0. The van der Waals surface area contributed by atoms with E-state index < -0.39 is 36.0 Å². The summed E-state index contributed by atoms with van der Waals surface area (Å²) in [5.74, 6) is -2.01. The summed E-state index contributed by atoms with van der Waals surface area (Å²) in [7, 11) is 0. The van der Waals surface area contributed by atoms with Gasteiger partial charge in [0.2, 0.25) is 6.29 Å².